The van der Waals surface area contributed by atoms with Gasteiger partial charge in [-0.15, -0.1) is 0 Å². The maximum atomic E-state index is 10.2. The second kappa shape index (κ2) is 10.7. The molecule has 1 N–H and O–H groups in total. The third-order valence-corrected chi connectivity index (χ3v) is 3.97. The van der Waals surface area contributed by atoms with Crippen molar-refractivity contribution in [1.29, 1.82) is 0 Å². The molecule has 1 aliphatic rings. The van der Waals surface area contributed by atoms with Crippen LogP contribution in [0.2, 0.25) is 0 Å². The molecule has 0 radical (unpaired) electrons. The second-order valence-corrected chi connectivity index (χ2v) is 6.04. The van der Waals surface area contributed by atoms with Crippen LogP contribution >= 0.6 is 0 Å². The molecular weight excluding hydrogens is 294 g/mol. The van der Waals surface area contributed by atoms with Crippen LogP contribution in [0.1, 0.15) is 18.4 Å². The average molecular weight is 323 g/mol. The van der Waals surface area contributed by atoms with Gasteiger partial charge in [0.15, 0.2) is 0 Å². The number of ether oxygens (including phenoxy) is 3. The van der Waals surface area contributed by atoms with Gasteiger partial charge in [-0.1, -0.05) is 30.3 Å². The van der Waals surface area contributed by atoms with Crippen LogP contribution in [0.25, 0.3) is 0 Å². The molecule has 0 saturated carbocycles. The lowest BCUT2D eigenvalue weighted by Gasteiger charge is -2.25. The Hall–Kier alpha value is -0.980. The normalized spacial score (nSPS) is 19.3. The number of nitrogens with zero attached hydrogens (tertiary/aromatic N) is 1. The first kappa shape index (κ1) is 18.4. The zero-order valence-electron chi connectivity index (χ0n) is 14.0. The van der Waals surface area contributed by atoms with Gasteiger partial charge in [0.05, 0.1) is 32.0 Å². The molecule has 1 aliphatic heterocycles. The highest BCUT2D eigenvalue weighted by Gasteiger charge is 2.17. The quantitative estimate of drug-likeness (QED) is 0.672. The van der Waals surface area contributed by atoms with Crippen molar-refractivity contribution in [3.05, 3.63) is 35.9 Å². The maximum Gasteiger partial charge on any atom is 0.0900 e. The summed E-state index contributed by atoms with van der Waals surface area (Å²) < 4.78 is 16.3. The van der Waals surface area contributed by atoms with Gasteiger partial charge >= 0.3 is 0 Å². The van der Waals surface area contributed by atoms with E-state index in [1.54, 1.807) is 7.11 Å². The molecule has 0 bridgehead atoms. The summed E-state index contributed by atoms with van der Waals surface area (Å²) in [7, 11) is 1.70. The van der Waals surface area contributed by atoms with E-state index in [0.29, 0.717) is 26.4 Å². The second-order valence-electron chi connectivity index (χ2n) is 6.04. The molecule has 0 aliphatic carbocycles. The fourth-order valence-electron chi connectivity index (χ4n) is 2.76. The minimum absolute atomic E-state index is 0.205. The predicted octanol–water partition coefficient (Wildman–Crippen LogP) is 1.69. The smallest absolute Gasteiger partial charge is 0.0900 e. The van der Waals surface area contributed by atoms with Crippen LogP contribution in [0.3, 0.4) is 0 Å². The third kappa shape index (κ3) is 7.42. The molecule has 0 unspecified atom stereocenters. The maximum absolute atomic E-state index is 10.2. The molecule has 1 aromatic rings. The summed E-state index contributed by atoms with van der Waals surface area (Å²) in [6.07, 6.45) is 1.87. The number of benzene rings is 1. The van der Waals surface area contributed by atoms with Crippen LogP contribution in [-0.2, 0) is 20.8 Å². The van der Waals surface area contributed by atoms with E-state index in [-0.39, 0.29) is 6.10 Å². The van der Waals surface area contributed by atoms with Gasteiger partial charge in [0.25, 0.3) is 0 Å². The molecule has 2 atom stereocenters. The highest BCUT2D eigenvalue weighted by atomic mass is 16.5. The van der Waals surface area contributed by atoms with E-state index in [1.165, 1.54) is 5.56 Å². The first-order valence-corrected chi connectivity index (χ1v) is 8.40. The fraction of sp³-hybridized carbons (Fsp3) is 0.667. The number of hydrogen-bond donors (Lipinski definition) is 1. The van der Waals surface area contributed by atoms with Gasteiger partial charge in [-0.3, -0.25) is 4.90 Å². The van der Waals surface area contributed by atoms with Gasteiger partial charge < -0.3 is 19.3 Å². The molecule has 130 valence electrons. The Morgan fingerprint density at radius 2 is 2.17 bits per heavy atom. The summed E-state index contributed by atoms with van der Waals surface area (Å²) >= 11 is 0. The minimum Gasteiger partial charge on any atom is -0.389 e. The van der Waals surface area contributed by atoms with Gasteiger partial charge in [-0.05, 0) is 18.4 Å². The van der Waals surface area contributed by atoms with Gasteiger partial charge in [0, 0.05) is 33.4 Å². The van der Waals surface area contributed by atoms with Crippen molar-refractivity contribution in [1.82, 2.24) is 4.90 Å². The van der Waals surface area contributed by atoms with E-state index in [0.717, 1.165) is 32.5 Å². The van der Waals surface area contributed by atoms with Crippen molar-refractivity contribution in [3.63, 3.8) is 0 Å². The Bertz CT molecular complexity index is 409. The monoisotopic (exact) mass is 323 g/mol. The zero-order valence-corrected chi connectivity index (χ0v) is 14.0. The standard InChI is InChI=1S/C18H29NO4/c1-21-11-9-19(12-16-6-3-2-4-7-16)13-17(20)14-22-15-18-8-5-10-23-18/h2-4,6-7,17-18,20H,5,8-15H2,1H3/t17-,18+/m1/s1. The van der Waals surface area contributed by atoms with Crippen LogP contribution in [0.4, 0.5) is 0 Å². The van der Waals surface area contributed by atoms with Crippen LogP contribution in [-0.4, -0.2) is 68.8 Å². The Morgan fingerprint density at radius 3 is 2.87 bits per heavy atom. The van der Waals surface area contributed by atoms with Crippen LogP contribution in [0.5, 0.6) is 0 Å². The van der Waals surface area contributed by atoms with E-state index >= 15 is 0 Å². The van der Waals surface area contributed by atoms with E-state index in [4.69, 9.17) is 14.2 Å². The molecule has 5 heteroatoms. The zero-order chi connectivity index (χ0) is 16.3. The Kier molecular flexibility index (Phi) is 8.57. The number of aliphatic hydroxyl groups excluding tert-OH is 1. The van der Waals surface area contributed by atoms with Crippen molar-refractivity contribution in [2.75, 3.05) is 46.6 Å². The van der Waals surface area contributed by atoms with E-state index in [1.807, 2.05) is 18.2 Å². The van der Waals surface area contributed by atoms with Crippen LogP contribution in [0, 0.1) is 0 Å². The van der Waals surface area contributed by atoms with Crippen molar-refractivity contribution >= 4 is 0 Å². The largest absolute Gasteiger partial charge is 0.389 e. The number of hydrogen-bond acceptors (Lipinski definition) is 5. The van der Waals surface area contributed by atoms with E-state index in [2.05, 4.69) is 17.0 Å². The topological polar surface area (TPSA) is 51.2 Å². The Morgan fingerprint density at radius 1 is 1.35 bits per heavy atom. The van der Waals surface area contributed by atoms with Gasteiger partial charge in [0.1, 0.15) is 0 Å². The molecule has 1 aromatic carbocycles. The lowest BCUT2D eigenvalue weighted by Crippen LogP contribution is -2.37. The lowest BCUT2D eigenvalue weighted by molar-refractivity contribution is -0.0271. The molecule has 5 nitrogen and oxygen atoms in total. The van der Waals surface area contributed by atoms with Crippen LogP contribution < -0.4 is 0 Å². The van der Waals surface area contributed by atoms with Crippen molar-refractivity contribution < 1.29 is 19.3 Å². The van der Waals surface area contributed by atoms with E-state index in [9.17, 15) is 5.11 Å². The molecule has 0 amide bonds. The fourth-order valence-corrected chi connectivity index (χ4v) is 2.76. The van der Waals surface area contributed by atoms with E-state index < -0.39 is 6.10 Å². The lowest BCUT2D eigenvalue weighted by atomic mass is 10.2. The summed E-state index contributed by atoms with van der Waals surface area (Å²) in [6, 6.07) is 10.3. The average Bonchev–Trinajstić information content (AvgIpc) is 3.07. The Labute approximate surface area is 139 Å². The predicted molar refractivity (Wildman–Crippen MR) is 89.4 cm³/mol. The summed E-state index contributed by atoms with van der Waals surface area (Å²) in [6.45, 7) is 4.56. The molecule has 1 heterocycles. The molecule has 1 saturated heterocycles. The molecular formula is C18H29NO4. The highest BCUT2D eigenvalue weighted by Crippen LogP contribution is 2.12. The molecule has 1 fully saturated rings. The number of methoxy groups -OCH3 is 1. The first-order valence-electron chi connectivity index (χ1n) is 8.40. The molecule has 0 spiro atoms. The molecule has 23 heavy (non-hydrogen) atoms. The summed E-state index contributed by atoms with van der Waals surface area (Å²) in [4.78, 5) is 2.19. The summed E-state index contributed by atoms with van der Waals surface area (Å²) in [5.74, 6) is 0. The molecule has 0 aromatic heterocycles. The molecule has 2 rings (SSSR count). The number of rotatable bonds is 11. The SMILES string of the molecule is COCCN(Cc1ccccc1)C[C@@H](O)COC[C@@H]1CCCO1. The third-order valence-electron chi connectivity index (χ3n) is 3.97. The van der Waals surface area contributed by atoms with Gasteiger partial charge in [-0.2, -0.15) is 0 Å². The van der Waals surface area contributed by atoms with Gasteiger partial charge in [-0.25, -0.2) is 0 Å². The summed E-state index contributed by atoms with van der Waals surface area (Å²) in [5.41, 5.74) is 1.23. The van der Waals surface area contributed by atoms with Crippen molar-refractivity contribution in [2.45, 2.75) is 31.6 Å². The Balaban J connectivity index is 1.71. The first-order chi connectivity index (χ1) is 11.3. The van der Waals surface area contributed by atoms with Crippen molar-refractivity contribution in [3.8, 4) is 0 Å². The van der Waals surface area contributed by atoms with Crippen molar-refractivity contribution in [2.24, 2.45) is 0 Å². The number of aliphatic hydroxyl groups is 1. The highest BCUT2D eigenvalue weighted by molar-refractivity contribution is 5.14. The van der Waals surface area contributed by atoms with Gasteiger partial charge in [0.2, 0.25) is 0 Å². The minimum atomic E-state index is -0.503. The van der Waals surface area contributed by atoms with Crippen LogP contribution in [0.15, 0.2) is 30.3 Å². The summed E-state index contributed by atoms with van der Waals surface area (Å²) in [5, 5.41) is 10.2.